The van der Waals surface area contributed by atoms with Gasteiger partial charge < -0.3 is 10.4 Å². The molecule has 0 atom stereocenters. The maximum Gasteiger partial charge on any atom is 0.335 e. The van der Waals surface area contributed by atoms with E-state index < -0.39 is 5.97 Å². The minimum Gasteiger partial charge on any atom is -0.478 e. The van der Waals surface area contributed by atoms with Crippen LogP contribution in [0, 0.1) is 0 Å². The number of carbonyl (C=O) groups is 2. The van der Waals surface area contributed by atoms with Crippen LogP contribution in [0.25, 0.3) is 0 Å². The Bertz CT molecular complexity index is 455. The number of aromatic carboxylic acids is 1. The zero-order valence-corrected chi connectivity index (χ0v) is 10.1. The van der Waals surface area contributed by atoms with Crippen LogP contribution in [0.15, 0.2) is 34.8 Å². The number of carbonyl (C=O) groups excluding carboxylic acids is 1. The zero-order chi connectivity index (χ0) is 12.1. The molecule has 0 saturated heterocycles. The van der Waals surface area contributed by atoms with E-state index in [-0.39, 0.29) is 11.5 Å². The smallest absolute Gasteiger partial charge is 0.335 e. The number of allylic oxidation sites excluding steroid dienone is 1. The molecule has 1 rings (SSSR count). The number of amides is 1. The summed E-state index contributed by atoms with van der Waals surface area (Å²) in [6.45, 7) is 1.74. The van der Waals surface area contributed by atoms with Crippen molar-refractivity contribution in [3.05, 3.63) is 40.4 Å². The third-order valence-electron chi connectivity index (χ3n) is 1.79. The highest BCUT2D eigenvalue weighted by atomic mass is 79.9. The Kier molecular flexibility index (Phi) is 4.25. The number of rotatable bonds is 3. The van der Waals surface area contributed by atoms with Gasteiger partial charge in [0.2, 0.25) is 5.91 Å². The highest BCUT2D eigenvalue weighted by Gasteiger charge is 2.07. The van der Waals surface area contributed by atoms with Crippen molar-refractivity contribution >= 4 is 33.5 Å². The second kappa shape index (κ2) is 5.46. The molecule has 2 N–H and O–H groups in total. The molecule has 0 aromatic heterocycles. The van der Waals surface area contributed by atoms with E-state index in [1.807, 2.05) is 0 Å². The lowest BCUT2D eigenvalue weighted by molar-refractivity contribution is -0.111. The molecule has 0 unspecified atom stereocenters. The van der Waals surface area contributed by atoms with Crippen molar-refractivity contribution in [1.29, 1.82) is 0 Å². The molecule has 1 amide bonds. The second-order valence-corrected chi connectivity index (χ2v) is 3.84. The Hall–Kier alpha value is -1.62. The molecule has 0 aliphatic heterocycles. The van der Waals surface area contributed by atoms with Gasteiger partial charge in [-0.3, -0.25) is 4.79 Å². The molecular formula is C11H10BrNO3. The van der Waals surface area contributed by atoms with E-state index in [0.717, 1.165) is 0 Å². The van der Waals surface area contributed by atoms with E-state index in [4.69, 9.17) is 5.11 Å². The fraction of sp³-hybridized carbons (Fsp3) is 0.0909. The Morgan fingerprint density at radius 3 is 2.62 bits per heavy atom. The van der Waals surface area contributed by atoms with Gasteiger partial charge in [-0.1, -0.05) is 6.08 Å². The van der Waals surface area contributed by atoms with E-state index in [0.29, 0.717) is 10.2 Å². The van der Waals surface area contributed by atoms with Gasteiger partial charge in [0.25, 0.3) is 0 Å². The molecule has 1 aromatic carbocycles. The van der Waals surface area contributed by atoms with Crippen molar-refractivity contribution in [2.75, 3.05) is 5.32 Å². The van der Waals surface area contributed by atoms with Crippen molar-refractivity contribution in [1.82, 2.24) is 0 Å². The number of nitrogens with one attached hydrogen (secondary N) is 1. The highest BCUT2D eigenvalue weighted by Crippen LogP contribution is 2.23. The van der Waals surface area contributed by atoms with Crippen LogP contribution in [0.2, 0.25) is 0 Å². The van der Waals surface area contributed by atoms with Crippen LogP contribution in [0.4, 0.5) is 5.69 Å². The monoisotopic (exact) mass is 283 g/mol. The normalized spacial score (nSPS) is 10.4. The molecule has 1 aromatic rings. The summed E-state index contributed by atoms with van der Waals surface area (Å²) in [5.74, 6) is -1.27. The van der Waals surface area contributed by atoms with Crippen LogP contribution in [-0.4, -0.2) is 17.0 Å². The molecular weight excluding hydrogens is 274 g/mol. The first-order valence-electron chi connectivity index (χ1n) is 4.51. The number of benzene rings is 1. The molecule has 84 valence electrons. The predicted molar refractivity (Wildman–Crippen MR) is 64.5 cm³/mol. The molecule has 0 radical (unpaired) electrons. The topological polar surface area (TPSA) is 66.4 Å². The van der Waals surface area contributed by atoms with Gasteiger partial charge in [-0.2, -0.15) is 0 Å². The van der Waals surface area contributed by atoms with Crippen molar-refractivity contribution < 1.29 is 14.7 Å². The van der Waals surface area contributed by atoms with E-state index in [1.54, 1.807) is 13.0 Å². The van der Waals surface area contributed by atoms with Gasteiger partial charge in [-0.05, 0) is 47.1 Å². The van der Waals surface area contributed by atoms with Crippen molar-refractivity contribution in [3.8, 4) is 0 Å². The van der Waals surface area contributed by atoms with E-state index in [9.17, 15) is 9.59 Å². The van der Waals surface area contributed by atoms with Crippen molar-refractivity contribution in [2.24, 2.45) is 0 Å². The van der Waals surface area contributed by atoms with Gasteiger partial charge >= 0.3 is 5.97 Å². The summed E-state index contributed by atoms with van der Waals surface area (Å²) in [6.07, 6.45) is 3.01. The van der Waals surface area contributed by atoms with Crippen LogP contribution < -0.4 is 5.32 Å². The van der Waals surface area contributed by atoms with Crippen LogP contribution in [-0.2, 0) is 4.79 Å². The lowest BCUT2D eigenvalue weighted by Crippen LogP contribution is -2.08. The van der Waals surface area contributed by atoms with Gasteiger partial charge in [0, 0.05) is 4.47 Å². The summed E-state index contributed by atoms with van der Waals surface area (Å²) < 4.78 is 0.533. The molecule has 5 heteroatoms. The summed E-state index contributed by atoms with van der Waals surface area (Å²) in [4.78, 5) is 21.9. The summed E-state index contributed by atoms with van der Waals surface area (Å²) >= 11 is 3.19. The van der Waals surface area contributed by atoms with Crippen molar-refractivity contribution in [2.45, 2.75) is 6.92 Å². The third-order valence-corrected chi connectivity index (χ3v) is 2.45. The van der Waals surface area contributed by atoms with E-state index >= 15 is 0 Å². The molecule has 0 aliphatic rings. The predicted octanol–water partition coefficient (Wildman–Crippen LogP) is 2.66. The SMILES string of the molecule is CC=CC(=O)Nc1ccc(C(=O)O)cc1Br. The highest BCUT2D eigenvalue weighted by molar-refractivity contribution is 9.10. The van der Waals surface area contributed by atoms with Crippen LogP contribution in [0.1, 0.15) is 17.3 Å². The number of carboxylic acids is 1. The number of hydrogen-bond donors (Lipinski definition) is 2. The molecule has 0 spiro atoms. The van der Waals surface area contributed by atoms with Gasteiger partial charge in [0.1, 0.15) is 0 Å². The number of carboxylic acid groups (broad SMARTS) is 1. The molecule has 0 aliphatic carbocycles. The van der Waals surface area contributed by atoms with Gasteiger partial charge in [-0.15, -0.1) is 0 Å². The van der Waals surface area contributed by atoms with Crippen molar-refractivity contribution in [3.63, 3.8) is 0 Å². The van der Waals surface area contributed by atoms with Gasteiger partial charge in [-0.25, -0.2) is 4.79 Å². The first-order chi connectivity index (χ1) is 7.54. The Balaban J connectivity index is 2.91. The van der Waals surface area contributed by atoms with E-state index in [2.05, 4.69) is 21.2 Å². The largest absolute Gasteiger partial charge is 0.478 e. The molecule has 0 fully saturated rings. The molecule has 0 heterocycles. The minimum atomic E-state index is -1.01. The third kappa shape index (κ3) is 3.20. The van der Waals surface area contributed by atoms with Gasteiger partial charge in [0.15, 0.2) is 0 Å². The van der Waals surface area contributed by atoms with Crippen LogP contribution in [0.3, 0.4) is 0 Å². The molecule has 0 saturated carbocycles. The first-order valence-corrected chi connectivity index (χ1v) is 5.30. The standard InChI is InChI=1S/C11H10BrNO3/c1-2-3-10(14)13-9-5-4-7(11(15)16)6-8(9)12/h2-6H,1H3,(H,13,14)(H,15,16). The Morgan fingerprint density at radius 2 is 2.12 bits per heavy atom. The summed E-state index contributed by atoms with van der Waals surface area (Å²) in [5.41, 5.74) is 0.698. The number of anilines is 1. The lowest BCUT2D eigenvalue weighted by atomic mass is 10.2. The fourth-order valence-corrected chi connectivity index (χ4v) is 1.55. The number of hydrogen-bond acceptors (Lipinski definition) is 2. The second-order valence-electron chi connectivity index (χ2n) is 2.99. The molecule has 16 heavy (non-hydrogen) atoms. The number of halogens is 1. The quantitative estimate of drug-likeness (QED) is 0.838. The van der Waals surface area contributed by atoms with Gasteiger partial charge in [0.05, 0.1) is 11.3 Å². The van der Waals surface area contributed by atoms with Crippen LogP contribution in [0.5, 0.6) is 0 Å². The lowest BCUT2D eigenvalue weighted by Gasteiger charge is -2.05. The summed E-state index contributed by atoms with van der Waals surface area (Å²) in [5, 5.41) is 11.4. The Labute approximate surface area is 101 Å². The average Bonchev–Trinajstić information content (AvgIpc) is 2.21. The Morgan fingerprint density at radius 1 is 1.44 bits per heavy atom. The van der Waals surface area contributed by atoms with E-state index in [1.165, 1.54) is 24.3 Å². The maximum absolute atomic E-state index is 11.2. The zero-order valence-electron chi connectivity index (χ0n) is 8.53. The minimum absolute atomic E-state index is 0.163. The first kappa shape index (κ1) is 12.4. The molecule has 4 nitrogen and oxygen atoms in total. The van der Waals surface area contributed by atoms with Crippen LogP contribution >= 0.6 is 15.9 Å². The summed E-state index contributed by atoms with van der Waals surface area (Å²) in [6, 6.07) is 4.40. The maximum atomic E-state index is 11.2. The molecule has 0 bridgehead atoms. The fourth-order valence-electron chi connectivity index (χ4n) is 1.08. The summed E-state index contributed by atoms with van der Waals surface area (Å²) in [7, 11) is 0. The average molecular weight is 284 g/mol.